The van der Waals surface area contributed by atoms with Crippen LogP contribution >= 0.6 is 11.6 Å². The first-order valence-electron chi connectivity index (χ1n) is 7.63. The van der Waals surface area contributed by atoms with E-state index >= 15 is 0 Å². The van der Waals surface area contributed by atoms with Crippen molar-refractivity contribution in [1.82, 2.24) is 9.62 Å². The Bertz CT molecular complexity index is 955. The minimum absolute atomic E-state index is 0.0888. The molecule has 7 nitrogen and oxygen atoms in total. The van der Waals surface area contributed by atoms with Crippen LogP contribution in [0.15, 0.2) is 47.4 Å². The van der Waals surface area contributed by atoms with E-state index in [2.05, 4.69) is 4.72 Å². The fourth-order valence-electron chi connectivity index (χ4n) is 2.67. The van der Waals surface area contributed by atoms with Crippen molar-refractivity contribution < 1.29 is 22.7 Å². The summed E-state index contributed by atoms with van der Waals surface area (Å²) in [6.45, 7) is -0.224. The van der Waals surface area contributed by atoms with Crippen LogP contribution < -0.4 is 9.46 Å². The number of imide groups is 1. The average Bonchev–Trinajstić information content (AvgIpc) is 2.87. The van der Waals surface area contributed by atoms with Gasteiger partial charge in [0.25, 0.3) is 11.8 Å². The van der Waals surface area contributed by atoms with E-state index in [9.17, 15) is 18.0 Å². The number of nitrogens with zero attached hydrogens (tertiary/aromatic N) is 1. The third-order valence-electron chi connectivity index (χ3n) is 3.92. The average molecular weight is 395 g/mol. The monoisotopic (exact) mass is 394 g/mol. The summed E-state index contributed by atoms with van der Waals surface area (Å²) in [5, 5.41) is 0.242. The van der Waals surface area contributed by atoms with Gasteiger partial charge in [-0.05, 0) is 30.3 Å². The number of rotatable bonds is 6. The number of halogens is 1. The summed E-state index contributed by atoms with van der Waals surface area (Å²) >= 11 is 5.86. The second-order valence-electron chi connectivity index (χ2n) is 5.50. The Morgan fingerprint density at radius 1 is 1.08 bits per heavy atom. The number of ether oxygens (including phenoxy) is 1. The van der Waals surface area contributed by atoms with Crippen LogP contribution in [0.5, 0.6) is 5.75 Å². The number of amides is 2. The molecule has 1 aliphatic heterocycles. The molecule has 1 heterocycles. The number of hydrogen-bond donors (Lipinski definition) is 1. The van der Waals surface area contributed by atoms with Gasteiger partial charge >= 0.3 is 0 Å². The Morgan fingerprint density at radius 3 is 2.27 bits per heavy atom. The molecule has 26 heavy (non-hydrogen) atoms. The number of carbonyl (C=O) groups excluding carboxylic acids is 2. The molecule has 9 heteroatoms. The van der Waals surface area contributed by atoms with Crippen LogP contribution in [0.1, 0.15) is 20.7 Å². The van der Waals surface area contributed by atoms with Crippen molar-refractivity contribution in [2.45, 2.75) is 4.90 Å². The van der Waals surface area contributed by atoms with Gasteiger partial charge in [-0.3, -0.25) is 14.5 Å². The van der Waals surface area contributed by atoms with Gasteiger partial charge in [0.15, 0.2) is 0 Å². The lowest BCUT2D eigenvalue weighted by Crippen LogP contribution is -2.38. The highest BCUT2D eigenvalue weighted by Crippen LogP contribution is 2.27. The molecule has 2 aromatic rings. The molecule has 1 N–H and O–H groups in total. The van der Waals surface area contributed by atoms with Crippen molar-refractivity contribution in [2.75, 3.05) is 20.2 Å². The minimum atomic E-state index is -3.93. The standard InChI is InChI=1S/C17H15ClN2O5S/c1-25-14-7-6-11(18)10-15(14)26(23,24)19-8-9-20-16(21)12-4-2-3-5-13(12)17(20)22/h2-7,10,19H,8-9H2,1H3. The summed E-state index contributed by atoms with van der Waals surface area (Å²) in [5.41, 5.74) is 0.633. The van der Waals surface area contributed by atoms with Crippen molar-refractivity contribution in [3.63, 3.8) is 0 Å². The molecular weight excluding hydrogens is 380 g/mol. The van der Waals surface area contributed by atoms with Crippen LogP contribution in [-0.4, -0.2) is 45.3 Å². The van der Waals surface area contributed by atoms with Gasteiger partial charge in [-0.1, -0.05) is 23.7 Å². The fourth-order valence-corrected chi connectivity index (χ4v) is 4.12. The Kier molecular flexibility index (Phi) is 4.99. The first kappa shape index (κ1) is 18.4. The zero-order valence-corrected chi connectivity index (χ0v) is 15.3. The maximum absolute atomic E-state index is 12.5. The maximum Gasteiger partial charge on any atom is 0.261 e. The van der Waals surface area contributed by atoms with E-state index < -0.39 is 21.8 Å². The first-order chi connectivity index (χ1) is 12.3. The van der Waals surface area contributed by atoms with Crippen molar-refractivity contribution in [3.8, 4) is 5.75 Å². The maximum atomic E-state index is 12.5. The summed E-state index contributed by atoms with van der Waals surface area (Å²) in [6.07, 6.45) is 0. The summed E-state index contributed by atoms with van der Waals surface area (Å²) in [7, 11) is -2.58. The smallest absolute Gasteiger partial charge is 0.261 e. The number of fused-ring (bicyclic) bond motifs is 1. The molecule has 0 saturated heterocycles. The normalized spacial score (nSPS) is 13.8. The Morgan fingerprint density at radius 2 is 1.69 bits per heavy atom. The molecule has 0 saturated carbocycles. The van der Waals surface area contributed by atoms with Crippen molar-refractivity contribution in [1.29, 1.82) is 0 Å². The summed E-state index contributed by atoms with van der Waals surface area (Å²) < 4.78 is 32.4. The van der Waals surface area contributed by atoms with Crippen molar-refractivity contribution in [2.24, 2.45) is 0 Å². The second kappa shape index (κ2) is 7.06. The lowest BCUT2D eigenvalue weighted by Gasteiger charge is -2.15. The highest BCUT2D eigenvalue weighted by molar-refractivity contribution is 7.89. The summed E-state index contributed by atoms with van der Waals surface area (Å²) in [4.78, 5) is 25.4. The molecule has 3 rings (SSSR count). The Balaban J connectivity index is 1.72. The van der Waals surface area contributed by atoms with E-state index in [1.54, 1.807) is 24.3 Å². The number of benzene rings is 2. The molecule has 2 aromatic carbocycles. The zero-order valence-electron chi connectivity index (χ0n) is 13.7. The molecule has 0 bridgehead atoms. The molecule has 0 fully saturated rings. The van der Waals surface area contributed by atoms with E-state index in [1.165, 1.54) is 25.3 Å². The third kappa shape index (κ3) is 3.31. The van der Waals surface area contributed by atoms with E-state index in [0.717, 1.165) is 4.90 Å². The molecule has 0 aromatic heterocycles. The molecular formula is C17H15ClN2O5S. The predicted octanol–water partition coefficient (Wildman–Crippen LogP) is 1.92. The highest BCUT2D eigenvalue weighted by Gasteiger charge is 2.34. The Hall–Kier alpha value is -2.42. The minimum Gasteiger partial charge on any atom is -0.495 e. The van der Waals surface area contributed by atoms with Crippen LogP contribution in [0.2, 0.25) is 5.02 Å². The van der Waals surface area contributed by atoms with Gasteiger partial charge in [0.1, 0.15) is 10.6 Å². The van der Waals surface area contributed by atoms with E-state index in [4.69, 9.17) is 16.3 Å². The van der Waals surface area contributed by atoms with Crippen LogP contribution in [0.25, 0.3) is 0 Å². The van der Waals surface area contributed by atoms with Gasteiger partial charge in [-0.2, -0.15) is 0 Å². The second-order valence-corrected chi connectivity index (χ2v) is 7.67. The lowest BCUT2D eigenvalue weighted by atomic mass is 10.1. The van der Waals surface area contributed by atoms with Gasteiger partial charge in [-0.25, -0.2) is 13.1 Å². The SMILES string of the molecule is COc1ccc(Cl)cc1S(=O)(=O)NCCN1C(=O)c2ccccc2C1=O. The molecule has 0 aliphatic carbocycles. The number of carbonyl (C=O) groups is 2. The topological polar surface area (TPSA) is 92.8 Å². The fraction of sp³-hybridized carbons (Fsp3) is 0.176. The predicted molar refractivity (Wildman–Crippen MR) is 95.0 cm³/mol. The van der Waals surface area contributed by atoms with Crippen LogP contribution in [0.4, 0.5) is 0 Å². The molecule has 0 spiro atoms. The molecule has 1 aliphatic rings. The molecule has 0 unspecified atom stereocenters. The summed E-state index contributed by atoms with van der Waals surface area (Å²) in [6, 6.07) is 10.7. The van der Waals surface area contributed by atoms with Gasteiger partial charge < -0.3 is 4.74 Å². The van der Waals surface area contributed by atoms with Gasteiger partial charge in [-0.15, -0.1) is 0 Å². The number of methoxy groups -OCH3 is 1. The molecule has 136 valence electrons. The zero-order chi connectivity index (χ0) is 18.9. The van der Waals surface area contributed by atoms with Crippen LogP contribution in [-0.2, 0) is 10.0 Å². The largest absolute Gasteiger partial charge is 0.495 e. The van der Waals surface area contributed by atoms with Crippen LogP contribution in [0.3, 0.4) is 0 Å². The quantitative estimate of drug-likeness (QED) is 0.755. The van der Waals surface area contributed by atoms with Gasteiger partial charge in [0.2, 0.25) is 10.0 Å². The number of hydrogen-bond acceptors (Lipinski definition) is 5. The van der Waals surface area contributed by atoms with E-state index in [0.29, 0.717) is 11.1 Å². The Labute approximate surface area is 155 Å². The first-order valence-corrected chi connectivity index (χ1v) is 9.49. The molecule has 2 amide bonds. The number of nitrogens with one attached hydrogen (secondary N) is 1. The lowest BCUT2D eigenvalue weighted by molar-refractivity contribution is 0.0657. The van der Waals surface area contributed by atoms with Crippen molar-refractivity contribution >= 4 is 33.4 Å². The molecule has 0 atom stereocenters. The highest BCUT2D eigenvalue weighted by atomic mass is 35.5. The molecule has 0 radical (unpaired) electrons. The van der Waals surface area contributed by atoms with Crippen LogP contribution in [0, 0.1) is 0 Å². The van der Waals surface area contributed by atoms with Gasteiger partial charge in [0, 0.05) is 18.1 Å². The van der Waals surface area contributed by atoms with E-state index in [1.807, 2.05) is 0 Å². The van der Waals surface area contributed by atoms with Crippen molar-refractivity contribution in [3.05, 3.63) is 58.6 Å². The number of sulfonamides is 1. The van der Waals surface area contributed by atoms with E-state index in [-0.39, 0.29) is 28.8 Å². The third-order valence-corrected chi connectivity index (χ3v) is 5.64. The van der Waals surface area contributed by atoms with Gasteiger partial charge in [0.05, 0.1) is 18.2 Å². The summed E-state index contributed by atoms with van der Waals surface area (Å²) in [5.74, 6) is -0.738.